The van der Waals surface area contributed by atoms with Gasteiger partial charge in [0.15, 0.2) is 5.65 Å². The van der Waals surface area contributed by atoms with Crippen molar-refractivity contribution in [3.63, 3.8) is 0 Å². The van der Waals surface area contributed by atoms with Crippen LogP contribution in [-0.4, -0.2) is 32.3 Å². The zero-order chi connectivity index (χ0) is 14.5. The van der Waals surface area contributed by atoms with Gasteiger partial charge in [0.2, 0.25) is 0 Å². The number of H-pyrrole nitrogens is 1. The molecule has 0 aliphatic carbocycles. The number of rotatable bonds is 7. The Kier molecular flexibility index (Phi) is 4.73. The van der Waals surface area contributed by atoms with Crippen LogP contribution in [0.2, 0.25) is 0 Å². The highest BCUT2D eigenvalue weighted by molar-refractivity contribution is 5.68. The highest BCUT2D eigenvalue weighted by Crippen LogP contribution is 2.02. The number of ether oxygens (including phenoxy) is 1. The topological polar surface area (TPSA) is 81.9 Å². The van der Waals surface area contributed by atoms with E-state index in [1.807, 2.05) is 13.8 Å². The summed E-state index contributed by atoms with van der Waals surface area (Å²) in [5.41, 5.74) is 0.132. The van der Waals surface area contributed by atoms with Gasteiger partial charge in [0.05, 0.1) is 19.5 Å². The van der Waals surface area contributed by atoms with Gasteiger partial charge in [0.25, 0.3) is 5.56 Å². The quantitative estimate of drug-likeness (QED) is 0.758. The molecule has 0 spiro atoms. The number of imidazole rings is 1. The summed E-state index contributed by atoms with van der Waals surface area (Å²) in [6.07, 6.45) is 3.15. The number of fused-ring (bicyclic) bond motifs is 1. The van der Waals surface area contributed by atoms with Crippen LogP contribution in [0, 0.1) is 0 Å². The van der Waals surface area contributed by atoms with Crippen molar-refractivity contribution in [1.29, 1.82) is 0 Å². The number of aromatic nitrogens is 4. The number of nitrogens with one attached hydrogen (secondary N) is 1. The van der Waals surface area contributed by atoms with Crippen LogP contribution >= 0.6 is 0 Å². The minimum absolute atomic E-state index is 0.260. The average Bonchev–Trinajstić information content (AvgIpc) is 2.92. The fourth-order valence-electron chi connectivity index (χ4n) is 2.13. The maximum atomic E-state index is 12.4. The summed E-state index contributed by atoms with van der Waals surface area (Å²) in [5.74, 6) is 0. The number of hydrogen-bond donors (Lipinski definition) is 1. The molecule has 0 unspecified atom stereocenters. The molecular weight excluding hydrogens is 260 g/mol. The SMILES string of the molecule is CCCOCCn1c(=O)c2[nH]cnc2n(CCC)c1=O. The maximum Gasteiger partial charge on any atom is 0.332 e. The third kappa shape index (κ3) is 2.67. The van der Waals surface area contributed by atoms with Gasteiger partial charge in [-0.05, 0) is 12.8 Å². The van der Waals surface area contributed by atoms with Crippen LogP contribution in [0.3, 0.4) is 0 Å². The molecule has 0 aromatic carbocycles. The first-order valence-corrected chi connectivity index (χ1v) is 6.95. The van der Waals surface area contributed by atoms with Crippen LogP contribution in [-0.2, 0) is 17.8 Å². The lowest BCUT2D eigenvalue weighted by Crippen LogP contribution is -2.41. The Hall–Kier alpha value is -1.89. The lowest BCUT2D eigenvalue weighted by atomic mass is 10.4. The van der Waals surface area contributed by atoms with E-state index in [0.29, 0.717) is 30.9 Å². The molecule has 1 N–H and O–H groups in total. The summed E-state index contributed by atoms with van der Waals surface area (Å²) in [7, 11) is 0. The highest BCUT2D eigenvalue weighted by atomic mass is 16.5. The van der Waals surface area contributed by atoms with Crippen LogP contribution in [0.5, 0.6) is 0 Å². The van der Waals surface area contributed by atoms with Gasteiger partial charge in [-0.1, -0.05) is 13.8 Å². The van der Waals surface area contributed by atoms with E-state index in [2.05, 4.69) is 9.97 Å². The van der Waals surface area contributed by atoms with Gasteiger partial charge >= 0.3 is 5.69 Å². The Morgan fingerprint density at radius 3 is 2.65 bits per heavy atom. The van der Waals surface area contributed by atoms with Crippen LogP contribution < -0.4 is 11.2 Å². The van der Waals surface area contributed by atoms with Crippen LogP contribution in [0.4, 0.5) is 0 Å². The molecule has 0 saturated heterocycles. The smallest absolute Gasteiger partial charge is 0.332 e. The van der Waals surface area contributed by atoms with Gasteiger partial charge in [0, 0.05) is 13.2 Å². The van der Waals surface area contributed by atoms with Gasteiger partial charge in [0.1, 0.15) is 5.52 Å². The Labute approximate surface area is 116 Å². The summed E-state index contributed by atoms with van der Waals surface area (Å²) in [6.45, 7) is 5.77. The van der Waals surface area contributed by atoms with E-state index in [1.165, 1.54) is 15.5 Å². The molecule has 2 aromatic rings. The summed E-state index contributed by atoms with van der Waals surface area (Å²) in [5, 5.41) is 0. The molecule has 0 amide bonds. The number of hydrogen-bond acceptors (Lipinski definition) is 4. The van der Waals surface area contributed by atoms with Gasteiger partial charge in [-0.15, -0.1) is 0 Å². The predicted molar refractivity (Wildman–Crippen MR) is 76.0 cm³/mol. The van der Waals surface area contributed by atoms with E-state index in [0.717, 1.165) is 12.8 Å². The summed E-state index contributed by atoms with van der Waals surface area (Å²) in [6, 6.07) is 0. The van der Waals surface area contributed by atoms with Crippen molar-refractivity contribution in [2.75, 3.05) is 13.2 Å². The third-order valence-electron chi connectivity index (χ3n) is 3.05. The van der Waals surface area contributed by atoms with Crippen molar-refractivity contribution in [2.24, 2.45) is 0 Å². The first-order valence-electron chi connectivity index (χ1n) is 6.95. The molecule has 0 atom stereocenters. The normalized spacial score (nSPS) is 11.3. The first-order chi connectivity index (χ1) is 9.70. The van der Waals surface area contributed by atoms with Crippen molar-refractivity contribution in [3.8, 4) is 0 Å². The van der Waals surface area contributed by atoms with E-state index >= 15 is 0 Å². The standard InChI is InChI=1S/C13H20N4O3/c1-3-5-16-11-10(14-9-15-11)12(18)17(13(16)19)6-8-20-7-4-2/h9H,3-8H2,1-2H3,(H,14,15). The molecule has 0 aliphatic heterocycles. The molecule has 0 saturated carbocycles. The highest BCUT2D eigenvalue weighted by Gasteiger charge is 2.14. The monoisotopic (exact) mass is 280 g/mol. The average molecular weight is 280 g/mol. The molecular formula is C13H20N4O3. The van der Waals surface area contributed by atoms with E-state index in [4.69, 9.17) is 4.74 Å². The van der Waals surface area contributed by atoms with E-state index in [9.17, 15) is 9.59 Å². The third-order valence-corrected chi connectivity index (χ3v) is 3.05. The number of aromatic amines is 1. The molecule has 20 heavy (non-hydrogen) atoms. The molecule has 2 rings (SSSR count). The van der Waals surface area contributed by atoms with Gasteiger partial charge < -0.3 is 9.72 Å². The van der Waals surface area contributed by atoms with E-state index in [1.54, 1.807) is 0 Å². The summed E-state index contributed by atoms with van der Waals surface area (Å²) >= 11 is 0. The Morgan fingerprint density at radius 1 is 1.15 bits per heavy atom. The first kappa shape index (κ1) is 14.5. The van der Waals surface area contributed by atoms with Crippen molar-refractivity contribution in [3.05, 3.63) is 27.2 Å². The van der Waals surface area contributed by atoms with Crippen LogP contribution in [0.15, 0.2) is 15.9 Å². The number of aryl methyl sites for hydroxylation is 1. The Balaban J connectivity index is 2.42. The summed E-state index contributed by atoms with van der Waals surface area (Å²) < 4.78 is 8.11. The zero-order valence-corrected chi connectivity index (χ0v) is 11.9. The van der Waals surface area contributed by atoms with Crippen molar-refractivity contribution in [1.82, 2.24) is 19.1 Å². The zero-order valence-electron chi connectivity index (χ0n) is 11.9. The van der Waals surface area contributed by atoms with E-state index < -0.39 is 0 Å². The molecule has 0 bridgehead atoms. The number of nitrogens with zero attached hydrogens (tertiary/aromatic N) is 3. The molecule has 0 radical (unpaired) electrons. The molecule has 2 heterocycles. The molecule has 7 heteroatoms. The summed E-state index contributed by atoms with van der Waals surface area (Å²) in [4.78, 5) is 31.5. The van der Waals surface area contributed by atoms with Crippen molar-refractivity contribution >= 4 is 11.2 Å². The Bertz CT molecular complexity index is 683. The predicted octanol–water partition coefficient (Wildman–Crippen LogP) is 0.723. The van der Waals surface area contributed by atoms with Gasteiger partial charge in [-0.2, -0.15) is 0 Å². The molecule has 7 nitrogen and oxygen atoms in total. The van der Waals surface area contributed by atoms with Crippen LogP contribution in [0.25, 0.3) is 11.2 Å². The minimum Gasteiger partial charge on any atom is -0.380 e. The van der Waals surface area contributed by atoms with Crippen molar-refractivity contribution < 1.29 is 4.74 Å². The Morgan fingerprint density at radius 2 is 1.95 bits per heavy atom. The molecule has 110 valence electrons. The van der Waals surface area contributed by atoms with Crippen LogP contribution in [0.1, 0.15) is 26.7 Å². The second-order valence-electron chi connectivity index (χ2n) is 4.60. The maximum absolute atomic E-state index is 12.4. The van der Waals surface area contributed by atoms with Crippen molar-refractivity contribution in [2.45, 2.75) is 39.8 Å². The minimum atomic E-state index is -0.338. The van der Waals surface area contributed by atoms with Gasteiger partial charge in [-0.25, -0.2) is 9.78 Å². The lowest BCUT2D eigenvalue weighted by molar-refractivity contribution is 0.125. The molecule has 0 fully saturated rings. The van der Waals surface area contributed by atoms with E-state index in [-0.39, 0.29) is 17.8 Å². The largest absolute Gasteiger partial charge is 0.380 e. The lowest BCUT2D eigenvalue weighted by Gasteiger charge is -2.10. The fraction of sp³-hybridized carbons (Fsp3) is 0.615. The second-order valence-corrected chi connectivity index (χ2v) is 4.60. The molecule has 2 aromatic heterocycles. The molecule has 0 aliphatic rings. The fourth-order valence-corrected chi connectivity index (χ4v) is 2.13. The second kappa shape index (κ2) is 6.51. The van der Waals surface area contributed by atoms with Gasteiger partial charge in [-0.3, -0.25) is 13.9 Å².